The number of carbonyl (C=O) groups is 1. The summed E-state index contributed by atoms with van der Waals surface area (Å²) in [7, 11) is 0. The number of hydrogen-bond acceptors (Lipinski definition) is 4. The number of para-hydroxylation sites is 3. The molecule has 0 spiro atoms. The van der Waals surface area contributed by atoms with Gasteiger partial charge in [-0.05, 0) is 37.1 Å². The smallest absolute Gasteiger partial charge is 0.225 e. The van der Waals surface area contributed by atoms with Crippen LogP contribution in [0.2, 0.25) is 0 Å². The zero-order chi connectivity index (χ0) is 18.6. The monoisotopic (exact) mass is 368 g/mol. The summed E-state index contributed by atoms with van der Waals surface area (Å²) in [5.74, 6) is 0.786. The summed E-state index contributed by atoms with van der Waals surface area (Å²) in [5.41, 5.74) is 1.67. The number of likely N-dealkylation sites (tertiary alicyclic amines) is 1. The van der Waals surface area contributed by atoms with Gasteiger partial charge in [0.05, 0.1) is 13.0 Å². The van der Waals surface area contributed by atoms with Crippen LogP contribution in [0.1, 0.15) is 31.1 Å². The zero-order valence-electron chi connectivity index (χ0n) is 14.9. The number of benzene rings is 2. The van der Waals surface area contributed by atoms with Crippen molar-refractivity contribution >= 4 is 17.0 Å². The fourth-order valence-corrected chi connectivity index (χ4v) is 3.41. The van der Waals surface area contributed by atoms with E-state index in [1.165, 1.54) is 6.07 Å². The fraction of sp³-hybridized carbons (Fsp3) is 0.333. The number of aromatic nitrogens is 1. The first kappa shape index (κ1) is 17.5. The largest absolute Gasteiger partial charge is 0.490 e. The van der Waals surface area contributed by atoms with Crippen LogP contribution < -0.4 is 4.74 Å². The number of ether oxygens (including phenoxy) is 1. The van der Waals surface area contributed by atoms with Crippen LogP contribution in [0.25, 0.3) is 11.1 Å². The maximum atomic E-state index is 13.5. The van der Waals surface area contributed by atoms with Crippen molar-refractivity contribution in [2.75, 3.05) is 19.7 Å². The van der Waals surface area contributed by atoms with E-state index in [4.69, 9.17) is 9.15 Å². The number of carbonyl (C=O) groups excluding carboxylic acids is 1. The van der Waals surface area contributed by atoms with Gasteiger partial charge in [-0.3, -0.25) is 4.79 Å². The van der Waals surface area contributed by atoms with Gasteiger partial charge in [0, 0.05) is 19.0 Å². The van der Waals surface area contributed by atoms with Crippen molar-refractivity contribution in [3.63, 3.8) is 0 Å². The van der Waals surface area contributed by atoms with Gasteiger partial charge in [0.2, 0.25) is 5.91 Å². The Balaban J connectivity index is 1.27. The third-order valence-corrected chi connectivity index (χ3v) is 4.92. The highest BCUT2D eigenvalue weighted by Gasteiger charge is 2.26. The molecule has 6 heteroatoms. The Labute approximate surface area is 156 Å². The normalized spacial score (nSPS) is 15.2. The van der Waals surface area contributed by atoms with Gasteiger partial charge in [-0.1, -0.05) is 24.3 Å². The van der Waals surface area contributed by atoms with Crippen LogP contribution >= 0.6 is 0 Å². The average molecular weight is 368 g/mol. The second-order valence-corrected chi connectivity index (χ2v) is 6.70. The van der Waals surface area contributed by atoms with Crippen LogP contribution in [-0.4, -0.2) is 35.5 Å². The predicted octanol–water partition coefficient (Wildman–Crippen LogP) is 4.14. The number of fused-ring (bicyclic) bond motifs is 1. The summed E-state index contributed by atoms with van der Waals surface area (Å²) in [5, 5.41) is 0. The van der Waals surface area contributed by atoms with Crippen molar-refractivity contribution in [2.24, 2.45) is 0 Å². The van der Waals surface area contributed by atoms with Gasteiger partial charge in [0.1, 0.15) is 5.52 Å². The molecule has 140 valence electrons. The molecule has 2 heterocycles. The minimum atomic E-state index is -0.413. The number of oxazole rings is 1. The van der Waals surface area contributed by atoms with Crippen molar-refractivity contribution in [1.82, 2.24) is 9.88 Å². The third kappa shape index (κ3) is 3.94. The standard InChI is InChI=1S/C21H21FN2O3/c22-16-5-1-3-7-18(16)26-14-11-20(25)24-12-9-15(10-13-24)21-23-17-6-2-4-8-19(17)27-21/h1-8,15H,9-14H2. The molecule has 0 aliphatic carbocycles. The first-order valence-corrected chi connectivity index (χ1v) is 9.21. The number of amides is 1. The van der Waals surface area contributed by atoms with Crippen molar-refractivity contribution in [2.45, 2.75) is 25.2 Å². The molecule has 0 saturated carbocycles. The van der Waals surface area contributed by atoms with E-state index in [2.05, 4.69) is 4.98 Å². The molecule has 2 aromatic carbocycles. The van der Waals surface area contributed by atoms with Crippen molar-refractivity contribution < 1.29 is 18.3 Å². The minimum absolute atomic E-state index is 0.0300. The molecule has 1 aliphatic heterocycles. The topological polar surface area (TPSA) is 55.6 Å². The molecule has 1 aromatic heterocycles. The third-order valence-electron chi connectivity index (χ3n) is 4.92. The van der Waals surface area contributed by atoms with E-state index < -0.39 is 5.82 Å². The number of rotatable bonds is 5. The number of halogens is 1. The maximum Gasteiger partial charge on any atom is 0.225 e. The minimum Gasteiger partial charge on any atom is -0.490 e. The van der Waals surface area contributed by atoms with Crippen LogP contribution in [0.3, 0.4) is 0 Å². The van der Waals surface area contributed by atoms with Crippen molar-refractivity contribution in [3.8, 4) is 5.75 Å². The number of hydrogen-bond donors (Lipinski definition) is 0. The number of nitrogens with zero attached hydrogens (tertiary/aromatic N) is 2. The van der Waals surface area contributed by atoms with Gasteiger partial charge in [-0.15, -0.1) is 0 Å². The second-order valence-electron chi connectivity index (χ2n) is 6.70. The maximum absolute atomic E-state index is 13.5. The lowest BCUT2D eigenvalue weighted by atomic mass is 9.96. The molecule has 4 rings (SSSR count). The molecule has 3 aromatic rings. The van der Waals surface area contributed by atoms with Crippen LogP contribution in [0, 0.1) is 5.82 Å². The van der Waals surface area contributed by atoms with Gasteiger partial charge in [0.25, 0.3) is 0 Å². The van der Waals surface area contributed by atoms with E-state index >= 15 is 0 Å². The Bertz CT molecular complexity index is 899. The number of piperidine rings is 1. The van der Waals surface area contributed by atoms with E-state index in [-0.39, 0.29) is 30.6 Å². The predicted molar refractivity (Wildman–Crippen MR) is 99.1 cm³/mol. The quantitative estimate of drug-likeness (QED) is 0.679. The Morgan fingerprint density at radius 1 is 1.15 bits per heavy atom. The summed E-state index contributed by atoms with van der Waals surface area (Å²) in [6.07, 6.45) is 1.89. The highest BCUT2D eigenvalue weighted by molar-refractivity contribution is 5.76. The van der Waals surface area contributed by atoms with Gasteiger partial charge < -0.3 is 14.1 Å². The molecule has 5 nitrogen and oxygen atoms in total. The summed E-state index contributed by atoms with van der Waals surface area (Å²) in [6.45, 7) is 1.51. The van der Waals surface area contributed by atoms with Gasteiger partial charge in [-0.25, -0.2) is 9.37 Å². The van der Waals surface area contributed by atoms with E-state index in [9.17, 15) is 9.18 Å². The molecule has 0 bridgehead atoms. The van der Waals surface area contributed by atoms with Crippen LogP contribution in [-0.2, 0) is 4.79 Å². The van der Waals surface area contributed by atoms with Gasteiger partial charge >= 0.3 is 0 Å². The van der Waals surface area contributed by atoms with Crippen molar-refractivity contribution in [1.29, 1.82) is 0 Å². The van der Waals surface area contributed by atoms with E-state index in [1.807, 2.05) is 29.2 Å². The molecule has 0 N–H and O–H groups in total. The Kier molecular flexibility index (Phi) is 5.05. The highest BCUT2D eigenvalue weighted by Crippen LogP contribution is 2.30. The molecular formula is C21H21FN2O3. The lowest BCUT2D eigenvalue weighted by Crippen LogP contribution is -2.38. The Hall–Kier alpha value is -2.89. The zero-order valence-corrected chi connectivity index (χ0v) is 14.9. The lowest BCUT2D eigenvalue weighted by molar-refractivity contribution is -0.132. The van der Waals surface area contributed by atoms with Crippen LogP contribution in [0.4, 0.5) is 4.39 Å². The molecule has 0 atom stereocenters. The summed E-state index contributed by atoms with van der Waals surface area (Å²) < 4.78 is 24.7. The Morgan fingerprint density at radius 2 is 1.89 bits per heavy atom. The summed E-state index contributed by atoms with van der Waals surface area (Å²) in [6, 6.07) is 13.9. The fourth-order valence-electron chi connectivity index (χ4n) is 3.41. The molecular weight excluding hydrogens is 347 g/mol. The molecule has 0 radical (unpaired) electrons. The van der Waals surface area contributed by atoms with Gasteiger partial charge in [0.15, 0.2) is 23.0 Å². The second kappa shape index (κ2) is 7.78. The highest BCUT2D eigenvalue weighted by atomic mass is 19.1. The molecule has 27 heavy (non-hydrogen) atoms. The van der Waals surface area contributed by atoms with Gasteiger partial charge in [-0.2, -0.15) is 0 Å². The summed E-state index contributed by atoms with van der Waals surface area (Å²) >= 11 is 0. The molecule has 1 aliphatic rings. The summed E-state index contributed by atoms with van der Waals surface area (Å²) in [4.78, 5) is 18.8. The Morgan fingerprint density at radius 3 is 2.67 bits per heavy atom. The molecule has 1 fully saturated rings. The average Bonchev–Trinajstić information content (AvgIpc) is 3.14. The van der Waals surface area contributed by atoms with Crippen LogP contribution in [0.15, 0.2) is 52.9 Å². The van der Waals surface area contributed by atoms with E-state index in [1.54, 1.807) is 18.2 Å². The SMILES string of the molecule is O=C(CCOc1ccccc1F)N1CCC(c2nc3ccccc3o2)CC1. The van der Waals surface area contributed by atoms with Crippen molar-refractivity contribution in [3.05, 3.63) is 60.2 Å². The lowest BCUT2D eigenvalue weighted by Gasteiger charge is -2.30. The van der Waals surface area contributed by atoms with E-state index in [0.29, 0.717) is 13.1 Å². The molecule has 0 unspecified atom stereocenters. The first-order chi connectivity index (χ1) is 13.2. The molecule has 1 saturated heterocycles. The van der Waals surface area contributed by atoms with E-state index in [0.717, 1.165) is 29.8 Å². The molecule has 1 amide bonds. The first-order valence-electron chi connectivity index (χ1n) is 9.21. The van der Waals surface area contributed by atoms with Crippen LogP contribution in [0.5, 0.6) is 5.75 Å².